The van der Waals surface area contributed by atoms with E-state index >= 15 is 0 Å². The maximum absolute atomic E-state index is 12.4. The number of nitrogens with one attached hydrogen (secondary N) is 1. The molecule has 1 N–H and O–H groups in total. The molecule has 0 amide bonds. The monoisotopic (exact) mass is 385 g/mol. The minimum absolute atomic E-state index is 0.137. The van der Waals surface area contributed by atoms with Gasteiger partial charge in [0, 0.05) is 12.6 Å². The number of fused-ring (bicyclic) bond motifs is 2. The highest BCUT2D eigenvalue weighted by Gasteiger charge is 2.19. The van der Waals surface area contributed by atoms with Crippen LogP contribution in [0.5, 0.6) is 17.2 Å². The minimum Gasteiger partial charge on any atom is -0.492 e. The van der Waals surface area contributed by atoms with Crippen molar-refractivity contribution in [1.82, 2.24) is 4.72 Å². The number of hydrogen-bond donors (Lipinski definition) is 1. The number of rotatable bonds is 6. The summed E-state index contributed by atoms with van der Waals surface area (Å²) in [5.74, 6) is 1.70. The van der Waals surface area contributed by atoms with Crippen LogP contribution in [0, 0.1) is 0 Å². The number of sulfonamides is 1. The van der Waals surface area contributed by atoms with Crippen molar-refractivity contribution in [2.45, 2.75) is 4.90 Å². The number of benzene rings is 3. The topological polar surface area (TPSA) is 73.9 Å². The molecule has 0 saturated carbocycles. The normalized spacial score (nSPS) is 13.5. The van der Waals surface area contributed by atoms with E-state index in [0.29, 0.717) is 30.5 Å². The molecule has 6 nitrogen and oxygen atoms in total. The summed E-state index contributed by atoms with van der Waals surface area (Å²) in [6, 6.07) is 18.3. The molecular weight excluding hydrogens is 366 g/mol. The summed E-state index contributed by atoms with van der Waals surface area (Å²) in [4.78, 5) is 0.137. The van der Waals surface area contributed by atoms with E-state index in [9.17, 15) is 8.42 Å². The highest BCUT2D eigenvalue weighted by atomic mass is 32.2. The highest BCUT2D eigenvalue weighted by molar-refractivity contribution is 7.89. The van der Waals surface area contributed by atoms with E-state index in [0.717, 1.165) is 10.8 Å². The van der Waals surface area contributed by atoms with E-state index in [2.05, 4.69) is 4.72 Å². The second kappa shape index (κ2) is 7.46. The Balaban J connectivity index is 1.36. The summed E-state index contributed by atoms with van der Waals surface area (Å²) in [6.07, 6.45) is 0. The van der Waals surface area contributed by atoms with Crippen molar-refractivity contribution in [2.75, 3.05) is 26.4 Å². The number of hydrogen-bond acceptors (Lipinski definition) is 5. The van der Waals surface area contributed by atoms with Gasteiger partial charge in [-0.25, -0.2) is 13.1 Å². The average Bonchev–Trinajstić information content (AvgIpc) is 2.71. The molecule has 7 heteroatoms. The quantitative estimate of drug-likeness (QED) is 0.661. The molecular formula is C20H19NO5S. The van der Waals surface area contributed by atoms with Crippen LogP contribution in [-0.4, -0.2) is 34.8 Å². The van der Waals surface area contributed by atoms with Crippen LogP contribution in [0.4, 0.5) is 0 Å². The first-order valence-corrected chi connectivity index (χ1v) is 10.1. The lowest BCUT2D eigenvalue weighted by Gasteiger charge is -2.19. The molecule has 1 aliphatic heterocycles. The summed E-state index contributed by atoms with van der Waals surface area (Å²) in [6.45, 7) is 1.25. The fourth-order valence-corrected chi connectivity index (χ4v) is 3.90. The van der Waals surface area contributed by atoms with Gasteiger partial charge in [-0.3, -0.25) is 0 Å². The molecule has 27 heavy (non-hydrogen) atoms. The van der Waals surface area contributed by atoms with Crippen LogP contribution in [0.2, 0.25) is 0 Å². The zero-order valence-corrected chi connectivity index (χ0v) is 15.4. The van der Waals surface area contributed by atoms with Crippen LogP contribution in [0.3, 0.4) is 0 Å². The largest absolute Gasteiger partial charge is 0.492 e. The molecule has 0 radical (unpaired) electrons. The van der Waals surface area contributed by atoms with Crippen LogP contribution in [0.25, 0.3) is 10.8 Å². The molecule has 3 aromatic rings. The summed E-state index contributed by atoms with van der Waals surface area (Å²) in [5.41, 5.74) is 0. The predicted molar refractivity (Wildman–Crippen MR) is 102 cm³/mol. The molecule has 1 aliphatic rings. The van der Waals surface area contributed by atoms with Crippen molar-refractivity contribution < 1.29 is 22.6 Å². The van der Waals surface area contributed by atoms with E-state index < -0.39 is 10.0 Å². The van der Waals surface area contributed by atoms with Crippen LogP contribution in [0.1, 0.15) is 0 Å². The molecule has 0 spiro atoms. The van der Waals surface area contributed by atoms with E-state index in [4.69, 9.17) is 14.2 Å². The van der Waals surface area contributed by atoms with Crippen LogP contribution >= 0.6 is 0 Å². The Bertz CT molecular complexity index is 1060. The van der Waals surface area contributed by atoms with Gasteiger partial charge >= 0.3 is 0 Å². The van der Waals surface area contributed by atoms with Gasteiger partial charge in [-0.15, -0.1) is 0 Å². The van der Waals surface area contributed by atoms with Gasteiger partial charge in [-0.05, 0) is 35.0 Å². The van der Waals surface area contributed by atoms with Gasteiger partial charge in [0.25, 0.3) is 0 Å². The molecule has 0 unspecified atom stereocenters. The highest BCUT2D eigenvalue weighted by Crippen LogP contribution is 2.32. The van der Waals surface area contributed by atoms with E-state index in [1.807, 2.05) is 42.5 Å². The Morgan fingerprint density at radius 3 is 2.52 bits per heavy atom. The SMILES string of the molecule is O=S(=O)(NCCOc1ccc2ccccc2c1)c1ccc2c(c1)OCCO2. The maximum Gasteiger partial charge on any atom is 0.240 e. The molecule has 0 bridgehead atoms. The lowest BCUT2D eigenvalue weighted by Crippen LogP contribution is -2.28. The van der Waals surface area contributed by atoms with Gasteiger partial charge < -0.3 is 14.2 Å². The lowest BCUT2D eigenvalue weighted by molar-refractivity contribution is 0.171. The molecule has 4 rings (SSSR count). The molecule has 3 aromatic carbocycles. The molecule has 0 atom stereocenters. The minimum atomic E-state index is -3.65. The summed E-state index contributed by atoms with van der Waals surface area (Å²) >= 11 is 0. The number of ether oxygens (including phenoxy) is 3. The predicted octanol–water partition coefficient (Wildman–Crippen LogP) is 2.97. The van der Waals surface area contributed by atoms with Crippen molar-refractivity contribution in [3.05, 3.63) is 60.7 Å². The van der Waals surface area contributed by atoms with Crippen LogP contribution in [0.15, 0.2) is 65.6 Å². The van der Waals surface area contributed by atoms with Crippen molar-refractivity contribution in [3.8, 4) is 17.2 Å². The van der Waals surface area contributed by atoms with Gasteiger partial charge in [0.2, 0.25) is 10.0 Å². The first kappa shape index (κ1) is 17.6. The summed E-state index contributed by atoms with van der Waals surface area (Å²) in [7, 11) is -3.65. The molecule has 0 aromatic heterocycles. The fraction of sp³-hybridized carbons (Fsp3) is 0.200. The third-order valence-corrected chi connectivity index (χ3v) is 5.67. The Labute approximate surface area is 157 Å². The summed E-state index contributed by atoms with van der Waals surface area (Å²) in [5, 5.41) is 2.20. The third-order valence-electron chi connectivity index (χ3n) is 4.21. The maximum atomic E-state index is 12.4. The first-order chi connectivity index (χ1) is 13.1. The van der Waals surface area contributed by atoms with E-state index in [1.165, 1.54) is 12.1 Å². The Morgan fingerprint density at radius 2 is 1.67 bits per heavy atom. The van der Waals surface area contributed by atoms with E-state index in [-0.39, 0.29) is 18.0 Å². The fourth-order valence-electron chi connectivity index (χ4n) is 2.88. The van der Waals surface area contributed by atoms with Crippen molar-refractivity contribution >= 4 is 20.8 Å². The Hall–Kier alpha value is -2.77. The van der Waals surface area contributed by atoms with Gasteiger partial charge in [0.05, 0.1) is 4.90 Å². The molecule has 0 fully saturated rings. The van der Waals surface area contributed by atoms with Crippen LogP contribution < -0.4 is 18.9 Å². The van der Waals surface area contributed by atoms with Crippen molar-refractivity contribution in [3.63, 3.8) is 0 Å². The van der Waals surface area contributed by atoms with Gasteiger partial charge in [-0.1, -0.05) is 30.3 Å². The van der Waals surface area contributed by atoms with Crippen molar-refractivity contribution in [2.24, 2.45) is 0 Å². The van der Waals surface area contributed by atoms with Gasteiger partial charge in [0.1, 0.15) is 25.6 Å². The first-order valence-electron chi connectivity index (χ1n) is 8.63. The third kappa shape index (κ3) is 3.99. The average molecular weight is 385 g/mol. The van der Waals surface area contributed by atoms with Gasteiger partial charge in [0.15, 0.2) is 11.5 Å². The zero-order valence-electron chi connectivity index (χ0n) is 14.6. The molecule has 0 aliphatic carbocycles. The molecule has 1 heterocycles. The Kier molecular flexibility index (Phi) is 4.87. The molecule has 0 saturated heterocycles. The summed E-state index contributed by atoms with van der Waals surface area (Å²) < 4.78 is 43.9. The second-order valence-electron chi connectivity index (χ2n) is 6.06. The zero-order chi connectivity index (χ0) is 18.7. The van der Waals surface area contributed by atoms with Gasteiger partial charge in [-0.2, -0.15) is 0 Å². The second-order valence-corrected chi connectivity index (χ2v) is 7.83. The standard InChI is InChI=1S/C20H19NO5S/c22-27(23,18-7-8-19-20(14-18)26-12-11-25-19)21-9-10-24-17-6-5-15-3-1-2-4-16(15)13-17/h1-8,13-14,21H,9-12H2. The molecule has 140 valence electrons. The Morgan fingerprint density at radius 1 is 0.889 bits per heavy atom. The smallest absolute Gasteiger partial charge is 0.240 e. The van der Waals surface area contributed by atoms with E-state index in [1.54, 1.807) is 6.07 Å². The van der Waals surface area contributed by atoms with Crippen molar-refractivity contribution in [1.29, 1.82) is 0 Å². The lowest BCUT2D eigenvalue weighted by atomic mass is 10.1. The van der Waals surface area contributed by atoms with Crippen LogP contribution in [-0.2, 0) is 10.0 Å².